The van der Waals surface area contributed by atoms with Crippen LogP contribution in [0.2, 0.25) is 0 Å². The van der Waals surface area contributed by atoms with E-state index in [0.717, 1.165) is 30.0 Å². The molecule has 0 radical (unpaired) electrons. The molecule has 1 saturated heterocycles. The first-order valence-corrected chi connectivity index (χ1v) is 8.02. The standard InChI is InChI=1S/C15H22N8O/c1-22(2)13-4-3-11(9-16-13)10-17-15(24)23-7-5-12(6-8-23)14-18-20-21-19-14/h3-4,9,12H,5-8,10H2,1-2H3,(H,17,24)(H,18,19,20,21). The number of carbonyl (C=O) groups is 1. The fraction of sp³-hybridized carbons (Fsp3) is 0.533. The number of aromatic amines is 1. The van der Waals surface area contributed by atoms with Gasteiger partial charge >= 0.3 is 6.03 Å². The number of H-pyrrole nitrogens is 1. The Kier molecular flexibility index (Phi) is 4.88. The van der Waals surface area contributed by atoms with Crippen LogP contribution in [0.4, 0.5) is 10.6 Å². The van der Waals surface area contributed by atoms with Crippen LogP contribution >= 0.6 is 0 Å². The number of aromatic nitrogens is 5. The average molecular weight is 330 g/mol. The molecule has 0 unspecified atom stereocenters. The number of carbonyl (C=O) groups excluding carboxylic acids is 1. The van der Waals surface area contributed by atoms with Gasteiger partial charge in [-0.05, 0) is 24.5 Å². The predicted octanol–water partition coefficient (Wildman–Crippen LogP) is 0.750. The van der Waals surface area contributed by atoms with E-state index in [9.17, 15) is 4.79 Å². The number of hydrogen-bond donors (Lipinski definition) is 2. The van der Waals surface area contributed by atoms with Crippen molar-refractivity contribution in [1.29, 1.82) is 0 Å². The highest BCUT2D eigenvalue weighted by Gasteiger charge is 2.25. The Balaban J connectivity index is 1.46. The minimum atomic E-state index is -0.0433. The average Bonchev–Trinajstić information content (AvgIpc) is 3.15. The summed E-state index contributed by atoms with van der Waals surface area (Å²) in [6.45, 7) is 1.87. The molecule has 2 aromatic rings. The molecule has 0 atom stereocenters. The molecule has 3 rings (SSSR count). The molecule has 0 saturated carbocycles. The number of piperidine rings is 1. The number of nitrogens with one attached hydrogen (secondary N) is 2. The van der Waals surface area contributed by atoms with Crippen molar-refractivity contribution in [3.05, 3.63) is 29.7 Å². The zero-order valence-electron chi connectivity index (χ0n) is 13.9. The van der Waals surface area contributed by atoms with E-state index in [1.807, 2.05) is 36.0 Å². The van der Waals surface area contributed by atoms with Gasteiger partial charge in [0.15, 0.2) is 5.82 Å². The van der Waals surface area contributed by atoms with Gasteiger partial charge in [-0.15, -0.1) is 10.2 Å². The second-order valence-electron chi connectivity index (χ2n) is 6.11. The van der Waals surface area contributed by atoms with Crippen LogP contribution in [0, 0.1) is 0 Å². The summed E-state index contributed by atoms with van der Waals surface area (Å²) in [6.07, 6.45) is 3.50. The third-order valence-electron chi connectivity index (χ3n) is 4.22. The van der Waals surface area contributed by atoms with Crippen LogP contribution in [0.1, 0.15) is 30.1 Å². The van der Waals surface area contributed by atoms with E-state index in [1.54, 1.807) is 6.20 Å². The highest BCUT2D eigenvalue weighted by Crippen LogP contribution is 2.24. The van der Waals surface area contributed by atoms with Crippen LogP contribution in [0.3, 0.4) is 0 Å². The van der Waals surface area contributed by atoms with Crippen molar-refractivity contribution >= 4 is 11.8 Å². The Labute approximate surface area is 140 Å². The summed E-state index contributed by atoms with van der Waals surface area (Å²) in [5, 5.41) is 17.1. The SMILES string of the molecule is CN(C)c1ccc(CNC(=O)N2CCC(c3nn[nH]n3)CC2)cn1. The van der Waals surface area contributed by atoms with Gasteiger partial charge in [-0.25, -0.2) is 9.78 Å². The van der Waals surface area contributed by atoms with Crippen molar-refractivity contribution in [2.75, 3.05) is 32.1 Å². The number of rotatable bonds is 4. The molecule has 0 spiro atoms. The summed E-state index contributed by atoms with van der Waals surface area (Å²) >= 11 is 0. The van der Waals surface area contributed by atoms with Gasteiger partial charge in [0.2, 0.25) is 0 Å². The number of pyridine rings is 1. The van der Waals surface area contributed by atoms with Gasteiger partial charge in [-0.2, -0.15) is 5.21 Å². The van der Waals surface area contributed by atoms with E-state index in [0.29, 0.717) is 19.6 Å². The molecule has 2 N–H and O–H groups in total. The molecule has 9 nitrogen and oxygen atoms in total. The van der Waals surface area contributed by atoms with Gasteiger partial charge in [0.1, 0.15) is 5.82 Å². The second-order valence-corrected chi connectivity index (χ2v) is 6.11. The van der Waals surface area contributed by atoms with Crippen LogP contribution in [0.25, 0.3) is 0 Å². The van der Waals surface area contributed by atoms with Crippen LogP contribution in [0.5, 0.6) is 0 Å². The van der Waals surface area contributed by atoms with Crippen molar-refractivity contribution in [1.82, 2.24) is 35.8 Å². The lowest BCUT2D eigenvalue weighted by Gasteiger charge is -2.30. The van der Waals surface area contributed by atoms with Gasteiger partial charge in [0.05, 0.1) is 0 Å². The second kappa shape index (κ2) is 7.24. The van der Waals surface area contributed by atoms with Gasteiger partial charge in [0.25, 0.3) is 0 Å². The molecule has 24 heavy (non-hydrogen) atoms. The predicted molar refractivity (Wildman–Crippen MR) is 88.5 cm³/mol. The van der Waals surface area contributed by atoms with Gasteiger partial charge < -0.3 is 15.1 Å². The molecule has 128 valence electrons. The van der Waals surface area contributed by atoms with Crippen molar-refractivity contribution < 1.29 is 4.79 Å². The molecule has 1 aliphatic heterocycles. The largest absolute Gasteiger partial charge is 0.363 e. The van der Waals surface area contributed by atoms with Crippen molar-refractivity contribution in [2.24, 2.45) is 0 Å². The minimum Gasteiger partial charge on any atom is -0.363 e. The first kappa shape index (κ1) is 16.2. The van der Waals surface area contributed by atoms with Gasteiger partial charge in [-0.3, -0.25) is 0 Å². The normalized spacial score (nSPS) is 15.3. The number of hydrogen-bond acceptors (Lipinski definition) is 6. The number of likely N-dealkylation sites (tertiary alicyclic amines) is 1. The summed E-state index contributed by atoms with van der Waals surface area (Å²) in [5.41, 5.74) is 0.982. The highest BCUT2D eigenvalue weighted by atomic mass is 16.2. The number of tetrazole rings is 1. The fourth-order valence-electron chi connectivity index (χ4n) is 2.76. The number of nitrogens with zero attached hydrogens (tertiary/aromatic N) is 6. The van der Waals surface area contributed by atoms with E-state index in [2.05, 4.69) is 30.9 Å². The molecule has 0 aromatic carbocycles. The first-order valence-electron chi connectivity index (χ1n) is 8.02. The van der Waals surface area contributed by atoms with Gasteiger partial charge in [-0.1, -0.05) is 11.3 Å². The molecule has 3 heterocycles. The Morgan fingerprint density at radius 3 is 2.75 bits per heavy atom. The quantitative estimate of drug-likeness (QED) is 0.857. The Hall–Kier alpha value is -2.71. The Morgan fingerprint density at radius 2 is 2.17 bits per heavy atom. The summed E-state index contributed by atoms with van der Waals surface area (Å²) < 4.78 is 0. The van der Waals surface area contributed by atoms with Crippen LogP contribution in [-0.4, -0.2) is 63.7 Å². The Bertz CT molecular complexity index is 647. The molecule has 2 aromatic heterocycles. The lowest BCUT2D eigenvalue weighted by molar-refractivity contribution is 0.180. The van der Waals surface area contributed by atoms with Crippen LogP contribution in [-0.2, 0) is 6.54 Å². The zero-order valence-corrected chi connectivity index (χ0v) is 13.9. The fourth-order valence-corrected chi connectivity index (χ4v) is 2.76. The Morgan fingerprint density at radius 1 is 1.38 bits per heavy atom. The summed E-state index contributed by atoms with van der Waals surface area (Å²) in [7, 11) is 3.89. The van der Waals surface area contributed by atoms with E-state index in [-0.39, 0.29) is 11.9 Å². The lowest BCUT2D eigenvalue weighted by Crippen LogP contribution is -2.44. The first-order chi connectivity index (χ1) is 11.6. The molecular formula is C15H22N8O. The topological polar surface area (TPSA) is 103 Å². The van der Waals surface area contributed by atoms with Crippen molar-refractivity contribution in [3.63, 3.8) is 0 Å². The summed E-state index contributed by atoms with van der Waals surface area (Å²) in [6, 6.07) is 3.88. The maximum Gasteiger partial charge on any atom is 0.317 e. The molecule has 9 heteroatoms. The third-order valence-corrected chi connectivity index (χ3v) is 4.22. The molecule has 0 aliphatic carbocycles. The van der Waals surface area contributed by atoms with Crippen LogP contribution < -0.4 is 10.2 Å². The van der Waals surface area contributed by atoms with E-state index >= 15 is 0 Å². The maximum absolute atomic E-state index is 12.3. The van der Waals surface area contributed by atoms with Gasteiger partial charge in [0, 0.05) is 45.8 Å². The summed E-state index contributed by atoms with van der Waals surface area (Å²) in [5.74, 6) is 1.91. The van der Waals surface area contributed by atoms with E-state index < -0.39 is 0 Å². The monoisotopic (exact) mass is 330 g/mol. The number of amides is 2. The molecule has 2 amide bonds. The molecule has 1 aliphatic rings. The zero-order chi connectivity index (χ0) is 16.9. The molecule has 0 bridgehead atoms. The smallest absolute Gasteiger partial charge is 0.317 e. The van der Waals surface area contributed by atoms with E-state index in [4.69, 9.17) is 0 Å². The number of anilines is 1. The van der Waals surface area contributed by atoms with Crippen molar-refractivity contribution in [3.8, 4) is 0 Å². The molecule has 1 fully saturated rings. The minimum absolute atomic E-state index is 0.0433. The van der Waals surface area contributed by atoms with Crippen LogP contribution in [0.15, 0.2) is 18.3 Å². The maximum atomic E-state index is 12.3. The highest BCUT2D eigenvalue weighted by molar-refractivity contribution is 5.74. The van der Waals surface area contributed by atoms with E-state index in [1.165, 1.54) is 0 Å². The number of urea groups is 1. The third kappa shape index (κ3) is 3.79. The lowest BCUT2D eigenvalue weighted by atomic mass is 9.96. The summed E-state index contributed by atoms with van der Waals surface area (Å²) in [4.78, 5) is 20.4. The van der Waals surface area contributed by atoms with Crippen molar-refractivity contribution in [2.45, 2.75) is 25.3 Å². The molecular weight excluding hydrogens is 308 g/mol.